The van der Waals surface area contributed by atoms with E-state index in [1.54, 1.807) is 0 Å². The van der Waals surface area contributed by atoms with Crippen molar-refractivity contribution >= 4 is 43.8 Å². The van der Waals surface area contributed by atoms with Crippen molar-refractivity contribution < 1.29 is 13.2 Å². The van der Waals surface area contributed by atoms with Crippen LogP contribution in [0.25, 0.3) is 0 Å². The molecule has 0 aliphatic rings. The number of hydrogen-bond acceptors (Lipinski definition) is 5. The Bertz CT molecular complexity index is 924. The molecule has 1 heterocycles. The molecule has 2 rings (SSSR count). The summed E-state index contributed by atoms with van der Waals surface area (Å²) in [5, 5.41) is 3.50. The van der Waals surface area contributed by atoms with Gasteiger partial charge in [0.05, 0.1) is 10.6 Å². The largest absolute Gasteiger partial charge is 0.301 e. The van der Waals surface area contributed by atoms with Gasteiger partial charge in [-0.1, -0.05) is 32.4 Å². The third-order valence-electron chi connectivity index (χ3n) is 4.04. The maximum absolute atomic E-state index is 12.9. The average Bonchev–Trinajstić information content (AvgIpc) is 2.88. The minimum atomic E-state index is -3.90. The number of sulfone groups is 1. The molecule has 2 aromatic rings. The van der Waals surface area contributed by atoms with Crippen molar-refractivity contribution in [3.63, 3.8) is 0 Å². The topological polar surface area (TPSA) is 76.1 Å². The molecule has 8 heteroatoms. The smallest absolute Gasteiger partial charge is 0.247 e. The maximum Gasteiger partial charge on any atom is 0.247 e. The van der Waals surface area contributed by atoms with Crippen LogP contribution in [0.2, 0.25) is 5.02 Å². The summed E-state index contributed by atoms with van der Waals surface area (Å²) >= 11 is 7.18. The Morgan fingerprint density at radius 2 is 1.65 bits per heavy atom. The number of nitrogens with one attached hydrogen (secondary N) is 1. The van der Waals surface area contributed by atoms with Crippen molar-refractivity contribution in [3.05, 3.63) is 39.9 Å². The Kier molecular flexibility index (Phi) is 5.57. The predicted molar refractivity (Wildman–Crippen MR) is 107 cm³/mol. The van der Waals surface area contributed by atoms with Gasteiger partial charge in [-0.3, -0.25) is 4.79 Å². The SMILES string of the molecule is Cc1nc(NC(=O)C(C)(C)S(=O)(=O)c2ccc(Cl)cc2)sc1C(C)(C)C. The van der Waals surface area contributed by atoms with Crippen LogP contribution < -0.4 is 5.32 Å². The molecule has 1 amide bonds. The quantitative estimate of drug-likeness (QED) is 0.793. The molecule has 26 heavy (non-hydrogen) atoms. The van der Waals surface area contributed by atoms with Crippen molar-refractivity contribution in [2.24, 2.45) is 0 Å². The van der Waals surface area contributed by atoms with E-state index in [1.807, 2.05) is 6.92 Å². The fourth-order valence-corrected chi connectivity index (χ4v) is 4.95. The zero-order chi connectivity index (χ0) is 19.9. The van der Waals surface area contributed by atoms with Crippen LogP contribution in [0.4, 0.5) is 5.13 Å². The zero-order valence-electron chi connectivity index (χ0n) is 15.7. The summed E-state index contributed by atoms with van der Waals surface area (Å²) in [6, 6.07) is 5.78. The van der Waals surface area contributed by atoms with Gasteiger partial charge in [-0.2, -0.15) is 0 Å². The van der Waals surface area contributed by atoms with Crippen LogP contribution in [-0.4, -0.2) is 24.1 Å². The predicted octanol–water partition coefficient (Wildman–Crippen LogP) is 4.59. The van der Waals surface area contributed by atoms with Gasteiger partial charge in [0, 0.05) is 9.90 Å². The van der Waals surface area contributed by atoms with Crippen LogP contribution in [0, 0.1) is 6.92 Å². The van der Waals surface area contributed by atoms with Crippen molar-refractivity contribution in [1.29, 1.82) is 0 Å². The average molecular weight is 415 g/mol. The molecule has 0 bridgehead atoms. The minimum absolute atomic E-state index is 0.0488. The first kappa shape index (κ1) is 20.9. The highest BCUT2D eigenvalue weighted by Gasteiger charge is 2.43. The number of halogens is 1. The molecule has 0 fully saturated rings. The molecular weight excluding hydrogens is 392 g/mol. The Morgan fingerprint density at radius 3 is 2.12 bits per heavy atom. The van der Waals surface area contributed by atoms with E-state index >= 15 is 0 Å². The van der Waals surface area contributed by atoms with Crippen LogP contribution in [0.1, 0.15) is 45.2 Å². The number of nitrogens with zero attached hydrogens (tertiary/aromatic N) is 1. The van der Waals surface area contributed by atoms with Gasteiger partial charge in [0.25, 0.3) is 0 Å². The number of aromatic nitrogens is 1. The van der Waals surface area contributed by atoms with Crippen LogP contribution in [0.3, 0.4) is 0 Å². The highest BCUT2D eigenvalue weighted by molar-refractivity contribution is 7.93. The fourth-order valence-electron chi connectivity index (χ4n) is 2.42. The summed E-state index contributed by atoms with van der Waals surface area (Å²) in [5.74, 6) is -0.623. The van der Waals surface area contributed by atoms with E-state index in [1.165, 1.54) is 49.4 Å². The lowest BCUT2D eigenvalue weighted by Crippen LogP contribution is -2.44. The fraction of sp³-hybridized carbons (Fsp3) is 0.444. The lowest BCUT2D eigenvalue weighted by molar-refractivity contribution is -0.117. The highest BCUT2D eigenvalue weighted by atomic mass is 35.5. The molecule has 0 saturated carbocycles. The molecule has 0 radical (unpaired) electrons. The Hall–Kier alpha value is -1.44. The summed E-state index contributed by atoms with van der Waals surface area (Å²) in [6.45, 7) is 10.8. The normalized spacial score (nSPS) is 12.9. The summed E-state index contributed by atoms with van der Waals surface area (Å²) in [7, 11) is -3.90. The molecule has 142 valence electrons. The van der Waals surface area contributed by atoms with Gasteiger partial charge in [-0.15, -0.1) is 11.3 Å². The van der Waals surface area contributed by atoms with E-state index in [4.69, 9.17) is 11.6 Å². The van der Waals surface area contributed by atoms with Crippen molar-refractivity contribution in [1.82, 2.24) is 4.98 Å². The molecule has 0 atom stereocenters. The van der Waals surface area contributed by atoms with Gasteiger partial charge in [0.15, 0.2) is 15.0 Å². The lowest BCUT2D eigenvalue weighted by atomic mass is 9.94. The Labute approximate surface area is 163 Å². The van der Waals surface area contributed by atoms with Crippen LogP contribution in [0.15, 0.2) is 29.2 Å². The van der Waals surface area contributed by atoms with E-state index in [2.05, 4.69) is 31.1 Å². The second kappa shape index (κ2) is 6.94. The zero-order valence-corrected chi connectivity index (χ0v) is 18.1. The van der Waals surface area contributed by atoms with Crippen molar-refractivity contribution in [2.75, 3.05) is 5.32 Å². The van der Waals surface area contributed by atoms with Crippen LogP contribution in [0.5, 0.6) is 0 Å². The number of anilines is 1. The first-order chi connectivity index (χ1) is 11.8. The minimum Gasteiger partial charge on any atom is -0.301 e. The second-order valence-electron chi connectivity index (χ2n) is 7.61. The summed E-state index contributed by atoms with van der Waals surface area (Å²) < 4.78 is 24.2. The van der Waals surface area contributed by atoms with Gasteiger partial charge < -0.3 is 5.32 Å². The number of carbonyl (C=O) groups is 1. The number of thiazole rings is 1. The third kappa shape index (κ3) is 3.94. The number of aryl methyl sites for hydroxylation is 1. The molecular formula is C18H23ClN2O3S2. The highest BCUT2D eigenvalue weighted by Crippen LogP contribution is 2.34. The summed E-state index contributed by atoms with van der Waals surface area (Å²) in [6.07, 6.45) is 0. The third-order valence-corrected chi connectivity index (χ3v) is 8.21. The monoisotopic (exact) mass is 414 g/mol. The van der Waals surface area contributed by atoms with E-state index < -0.39 is 20.5 Å². The number of rotatable bonds is 4. The first-order valence-corrected chi connectivity index (χ1v) is 10.7. The standard InChI is InChI=1S/C18H23ClN2O3S2/c1-11-14(17(2,3)4)25-16(20-11)21-15(22)18(5,6)26(23,24)13-9-7-12(19)8-10-13/h7-10H,1-6H3,(H,20,21,22). The molecule has 0 saturated heterocycles. The number of carbonyl (C=O) groups excluding carboxylic acids is 1. The Balaban J connectivity index is 2.32. The maximum atomic E-state index is 12.9. The molecule has 0 unspecified atom stereocenters. The van der Waals surface area contributed by atoms with E-state index in [9.17, 15) is 13.2 Å². The molecule has 0 aliphatic heterocycles. The van der Waals surface area contributed by atoms with E-state index in [0.717, 1.165) is 10.6 Å². The molecule has 5 nitrogen and oxygen atoms in total. The first-order valence-electron chi connectivity index (χ1n) is 8.06. The summed E-state index contributed by atoms with van der Waals surface area (Å²) in [5.41, 5.74) is 0.728. The lowest BCUT2D eigenvalue weighted by Gasteiger charge is -2.23. The molecule has 1 aromatic heterocycles. The molecule has 0 aliphatic carbocycles. The van der Waals surface area contributed by atoms with Gasteiger partial charge in [0.2, 0.25) is 5.91 Å². The van der Waals surface area contributed by atoms with Crippen LogP contribution >= 0.6 is 22.9 Å². The summed E-state index contributed by atoms with van der Waals surface area (Å²) in [4.78, 5) is 18.2. The molecule has 1 N–H and O–H groups in total. The second-order valence-corrected chi connectivity index (χ2v) is 11.5. The Morgan fingerprint density at radius 1 is 1.12 bits per heavy atom. The van der Waals surface area contributed by atoms with Crippen LogP contribution in [-0.2, 0) is 20.0 Å². The van der Waals surface area contributed by atoms with Gasteiger partial charge in [-0.05, 0) is 50.5 Å². The van der Waals surface area contributed by atoms with E-state index in [0.29, 0.717) is 10.2 Å². The van der Waals surface area contributed by atoms with E-state index in [-0.39, 0.29) is 10.3 Å². The molecule has 0 spiro atoms. The molecule has 1 aromatic carbocycles. The number of hydrogen-bond donors (Lipinski definition) is 1. The number of amides is 1. The van der Waals surface area contributed by atoms with Gasteiger partial charge >= 0.3 is 0 Å². The van der Waals surface area contributed by atoms with Gasteiger partial charge in [0.1, 0.15) is 4.75 Å². The van der Waals surface area contributed by atoms with Crippen molar-refractivity contribution in [2.45, 2.75) is 56.6 Å². The van der Waals surface area contributed by atoms with Crippen molar-refractivity contribution in [3.8, 4) is 0 Å². The van der Waals surface area contributed by atoms with Gasteiger partial charge in [-0.25, -0.2) is 13.4 Å². The number of benzene rings is 1.